The highest BCUT2D eigenvalue weighted by Crippen LogP contribution is 2.29. The van der Waals surface area contributed by atoms with Gasteiger partial charge in [-0.25, -0.2) is 0 Å². The fourth-order valence-electron chi connectivity index (χ4n) is 1.96. The Hall–Kier alpha value is -0.870. The standard InChI is InChI=1S/C15H15Cl2NOS/c1-10-7-11(8-18)5-6-12(10)9-20(19)15-13(16)3-2-4-14(15)17/h2-7H,8-9,18H2,1H3. The summed E-state index contributed by atoms with van der Waals surface area (Å²) >= 11 is 12.2. The summed E-state index contributed by atoms with van der Waals surface area (Å²) < 4.78 is 12.5. The predicted octanol–water partition coefficient (Wildman–Crippen LogP) is 4.07. The lowest BCUT2D eigenvalue weighted by atomic mass is 10.1. The Morgan fingerprint density at radius 1 is 1.15 bits per heavy atom. The molecular formula is C15H15Cl2NOS. The van der Waals surface area contributed by atoms with E-state index in [2.05, 4.69) is 0 Å². The van der Waals surface area contributed by atoms with E-state index in [0.29, 0.717) is 27.2 Å². The van der Waals surface area contributed by atoms with Crippen molar-refractivity contribution in [3.63, 3.8) is 0 Å². The molecule has 0 heterocycles. The molecule has 0 saturated carbocycles. The number of halogens is 2. The molecule has 106 valence electrons. The smallest absolute Gasteiger partial charge is 0.0763 e. The second kappa shape index (κ2) is 6.72. The third-order valence-electron chi connectivity index (χ3n) is 3.08. The maximum atomic E-state index is 12.5. The van der Waals surface area contributed by atoms with Gasteiger partial charge >= 0.3 is 0 Å². The Bertz CT molecular complexity index is 638. The van der Waals surface area contributed by atoms with Crippen molar-refractivity contribution in [3.8, 4) is 0 Å². The molecule has 20 heavy (non-hydrogen) atoms. The van der Waals surface area contributed by atoms with E-state index < -0.39 is 10.8 Å². The average molecular weight is 328 g/mol. The molecule has 0 aliphatic rings. The molecule has 2 nitrogen and oxygen atoms in total. The van der Waals surface area contributed by atoms with E-state index >= 15 is 0 Å². The Labute approximate surface area is 131 Å². The number of hydrogen-bond donors (Lipinski definition) is 1. The van der Waals surface area contributed by atoms with Crippen molar-refractivity contribution in [2.24, 2.45) is 5.73 Å². The molecule has 2 N–H and O–H groups in total. The SMILES string of the molecule is Cc1cc(CN)ccc1CS(=O)c1c(Cl)cccc1Cl. The van der Waals surface area contributed by atoms with Gasteiger partial charge in [-0.15, -0.1) is 0 Å². The molecule has 0 aliphatic carbocycles. The first-order valence-corrected chi connectivity index (χ1v) is 8.21. The van der Waals surface area contributed by atoms with Gasteiger partial charge < -0.3 is 5.73 Å². The summed E-state index contributed by atoms with van der Waals surface area (Å²) in [6, 6.07) is 11.1. The highest BCUT2D eigenvalue weighted by molar-refractivity contribution is 7.84. The van der Waals surface area contributed by atoms with E-state index in [1.54, 1.807) is 18.2 Å². The maximum Gasteiger partial charge on any atom is 0.0763 e. The monoisotopic (exact) mass is 327 g/mol. The molecule has 0 radical (unpaired) electrons. The molecule has 0 spiro atoms. The van der Waals surface area contributed by atoms with Gasteiger partial charge in [-0.3, -0.25) is 4.21 Å². The Morgan fingerprint density at radius 3 is 2.35 bits per heavy atom. The van der Waals surface area contributed by atoms with E-state index in [9.17, 15) is 4.21 Å². The van der Waals surface area contributed by atoms with Crippen molar-refractivity contribution in [1.29, 1.82) is 0 Å². The van der Waals surface area contributed by atoms with Gasteiger partial charge in [0.25, 0.3) is 0 Å². The van der Waals surface area contributed by atoms with Crippen LogP contribution in [0.4, 0.5) is 0 Å². The molecule has 1 atom stereocenters. The minimum Gasteiger partial charge on any atom is -0.326 e. The van der Waals surface area contributed by atoms with Crippen LogP contribution < -0.4 is 5.73 Å². The minimum absolute atomic E-state index is 0.389. The molecule has 2 rings (SSSR count). The van der Waals surface area contributed by atoms with Crippen LogP contribution in [0.2, 0.25) is 10.0 Å². The van der Waals surface area contributed by atoms with E-state index in [1.165, 1.54) is 0 Å². The normalized spacial score (nSPS) is 12.4. The summed E-state index contributed by atoms with van der Waals surface area (Å²) in [5, 5.41) is 0.874. The molecule has 0 aromatic heterocycles. The molecule has 2 aromatic carbocycles. The highest BCUT2D eigenvalue weighted by atomic mass is 35.5. The third kappa shape index (κ3) is 3.41. The summed E-state index contributed by atoms with van der Waals surface area (Å²) in [6.07, 6.45) is 0. The minimum atomic E-state index is -1.27. The van der Waals surface area contributed by atoms with Crippen LogP contribution in [-0.2, 0) is 23.1 Å². The van der Waals surface area contributed by atoms with Gasteiger partial charge in [-0.2, -0.15) is 0 Å². The van der Waals surface area contributed by atoms with Crippen molar-refractivity contribution in [1.82, 2.24) is 0 Å². The number of aryl methyl sites for hydroxylation is 1. The average Bonchev–Trinajstić information content (AvgIpc) is 2.41. The zero-order chi connectivity index (χ0) is 14.7. The Morgan fingerprint density at radius 2 is 1.80 bits per heavy atom. The van der Waals surface area contributed by atoms with Crippen LogP contribution in [0.5, 0.6) is 0 Å². The molecule has 2 aromatic rings. The van der Waals surface area contributed by atoms with Gasteiger partial charge in [0.05, 0.1) is 31.5 Å². The predicted molar refractivity (Wildman–Crippen MR) is 85.6 cm³/mol. The molecule has 1 unspecified atom stereocenters. The van der Waals surface area contributed by atoms with E-state index in [-0.39, 0.29) is 0 Å². The fraction of sp³-hybridized carbons (Fsp3) is 0.200. The first-order chi connectivity index (χ1) is 9.52. The van der Waals surface area contributed by atoms with Crippen molar-refractivity contribution in [3.05, 3.63) is 63.1 Å². The molecule has 0 fully saturated rings. The number of hydrogen-bond acceptors (Lipinski definition) is 2. The molecule has 0 amide bonds. The fourth-order valence-corrected chi connectivity index (χ4v) is 4.20. The van der Waals surface area contributed by atoms with Gasteiger partial charge in [0, 0.05) is 6.54 Å². The lowest BCUT2D eigenvalue weighted by molar-refractivity contribution is 0.682. The van der Waals surface area contributed by atoms with Crippen LogP contribution >= 0.6 is 23.2 Å². The lowest BCUT2D eigenvalue weighted by Crippen LogP contribution is -2.02. The lowest BCUT2D eigenvalue weighted by Gasteiger charge is -2.10. The first kappa shape index (κ1) is 15.5. The molecule has 0 aliphatic heterocycles. The Balaban J connectivity index is 2.28. The van der Waals surface area contributed by atoms with E-state index in [4.69, 9.17) is 28.9 Å². The van der Waals surface area contributed by atoms with Crippen molar-refractivity contribution >= 4 is 34.0 Å². The summed E-state index contributed by atoms with van der Waals surface area (Å²) in [5.74, 6) is 0.389. The van der Waals surface area contributed by atoms with E-state index in [0.717, 1.165) is 16.7 Å². The summed E-state index contributed by atoms with van der Waals surface area (Å²) in [4.78, 5) is 0.498. The first-order valence-electron chi connectivity index (χ1n) is 6.13. The van der Waals surface area contributed by atoms with Crippen LogP contribution in [0.25, 0.3) is 0 Å². The van der Waals surface area contributed by atoms with Crippen LogP contribution in [0.3, 0.4) is 0 Å². The Kier molecular flexibility index (Phi) is 5.22. The van der Waals surface area contributed by atoms with Gasteiger partial charge in [-0.1, -0.05) is 47.5 Å². The molecule has 5 heteroatoms. The van der Waals surface area contributed by atoms with Crippen molar-refractivity contribution < 1.29 is 4.21 Å². The topological polar surface area (TPSA) is 43.1 Å². The summed E-state index contributed by atoms with van der Waals surface area (Å²) in [7, 11) is -1.27. The van der Waals surface area contributed by atoms with Gasteiger partial charge in [-0.05, 0) is 35.7 Å². The second-order valence-electron chi connectivity index (χ2n) is 4.51. The number of nitrogens with two attached hydrogens (primary N) is 1. The maximum absolute atomic E-state index is 12.5. The largest absolute Gasteiger partial charge is 0.326 e. The molecule has 0 bridgehead atoms. The van der Waals surface area contributed by atoms with Gasteiger partial charge in [0.1, 0.15) is 0 Å². The number of benzene rings is 2. The van der Waals surface area contributed by atoms with Crippen molar-refractivity contribution in [2.75, 3.05) is 0 Å². The second-order valence-corrected chi connectivity index (χ2v) is 6.71. The number of rotatable bonds is 4. The van der Waals surface area contributed by atoms with Gasteiger partial charge in [0.15, 0.2) is 0 Å². The van der Waals surface area contributed by atoms with Crippen LogP contribution in [0, 0.1) is 6.92 Å². The quantitative estimate of drug-likeness (QED) is 0.919. The van der Waals surface area contributed by atoms with Crippen molar-refractivity contribution in [2.45, 2.75) is 24.1 Å². The van der Waals surface area contributed by atoms with Crippen LogP contribution in [0.1, 0.15) is 16.7 Å². The summed E-state index contributed by atoms with van der Waals surface area (Å²) in [5.41, 5.74) is 8.75. The molecule has 0 saturated heterocycles. The highest BCUT2D eigenvalue weighted by Gasteiger charge is 2.14. The summed E-state index contributed by atoms with van der Waals surface area (Å²) in [6.45, 7) is 2.49. The third-order valence-corrected chi connectivity index (χ3v) is 5.40. The molecular weight excluding hydrogens is 313 g/mol. The van der Waals surface area contributed by atoms with E-state index in [1.807, 2.05) is 25.1 Å². The zero-order valence-electron chi connectivity index (χ0n) is 11.0. The zero-order valence-corrected chi connectivity index (χ0v) is 13.4. The van der Waals surface area contributed by atoms with Crippen LogP contribution in [0.15, 0.2) is 41.3 Å². The van der Waals surface area contributed by atoms with Gasteiger partial charge in [0.2, 0.25) is 0 Å². The van der Waals surface area contributed by atoms with Crippen LogP contribution in [-0.4, -0.2) is 4.21 Å².